The van der Waals surface area contributed by atoms with Gasteiger partial charge in [0.1, 0.15) is 0 Å². The number of hydrogen-bond donors (Lipinski definition) is 1. The van der Waals surface area contributed by atoms with Crippen molar-refractivity contribution in [1.29, 1.82) is 0 Å². The molecule has 0 spiro atoms. The summed E-state index contributed by atoms with van der Waals surface area (Å²) in [5.41, 5.74) is 0.540. The molecule has 0 radical (unpaired) electrons. The summed E-state index contributed by atoms with van der Waals surface area (Å²) in [5, 5.41) is 20.1. The van der Waals surface area contributed by atoms with Crippen LogP contribution >= 0.6 is 0 Å². The molecule has 0 aromatic heterocycles. The molecular formula is C12H16N2O4. The first-order valence-electron chi connectivity index (χ1n) is 5.51. The molecule has 0 aliphatic rings. The topological polar surface area (TPSA) is 83.7 Å². The smallest absolute Gasteiger partial charge is 0.280 e. The summed E-state index contributed by atoms with van der Waals surface area (Å²) >= 11 is 0. The van der Waals surface area contributed by atoms with Crippen LogP contribution in [0.2, 0.25) is 0 Å². The van der Waals surface area contributed by atoms with Crippen LogP contribution < -0.4 is 4.90 Å². The lowest BCUT2D eigenvalue weighted by atomic mass is 10.1. The Morgan fingerprint density at radius 2 is 2.17 bits per heavy atom. The molecule has 0 aliphatic carbocycles. The lowest BCUT2D eigenvalue weighted by Gasteiger charge is -2.21. The van der Waals surface area contributed by atoms with E-state index in [1.807, 2.05) is 0 Å². The second-order valence-corrected chi connectivity index (χ2v) is 4.24. The van der Waals surface area contributed by atoms with Crippen molar-refractivity contribution in [2.24, 2.45) is 0 Å². The van der Waals surface area contributed by atoms with Crippen molar-refractivity contribution >= 4 is 17.2 Å². The fourth-order valence-electron chi connectivity index (χ4n) is 1.70. The third-order valence-electron chi connectivity index (χ3n) is 2.53. The van der Waals surface area contributed by atoms with Gasteiger partial charge in [-0.15, -0.1) is 0 Å². The molecule has 1 unspecified atom stereocenters. The fourth-order valence-corrected chi connectivity index (χ4v) is 1.70. The third-order valence-corrected chi connectivity index (χ3v) is 2.53. The molecule has 0 heterocycles. The fraction of sp³-hybridized carbons (Fsp3) is 0.417. The minimum Gasteiger partial charge on any atom is -0.392 e. The largest absolute Gasteiger partial charge is 0.392 e. The van der Waals surface area contributed by atoms with E-state index in [4.69, 9.17) is 0 Å². The molecular weight excluding hydrogens is 236 g/mol. The van der Waals surface area contributed by atoms with Crippen molar-refractivity contribution in [3.8, 4) is 0 Å². The summed E-state index contributed by atoms with van der Waals surface area (Å²) in [6, 6.07) is 4.35. The van der Waals surface area contributed by atoms with Gasteiger partial charge in [0.05, 0.1) is 16.6 Å². The Labute approximate surface area is 105 Å². The summed E-state index contributed by atoms with van der Waals surface area (Å²) in [5.74, 6) is -0.353. The van der Waals surface area contributed by atoms with E-state index in [9.17, 15) is 20.0 Å². The molecule has 1 rings (SSSR count). The SMILES string of the molecule is CC(=O)c1cc(N(C)CC(C)O)ccc1[N+](=O)[O-]. The molecule has 18 heavy (non-hydrogen) atoms. The standard InChI is InChI=1S/C12H16N2O4/c1-8(15)7-13(3)10-4-5-12(14(17)18)11(6-10)9(2)16/h4-6,8,15H,7H2,1-3H3. The maximum atomic E-state index is 11.4. The first kappa shape index (κ1) is 14.1. The molecule has 6 nitrogen and oxygen atoms in total. The lowest BCUT2D eigenvalue weighted by Crippen LogP contribution is -2.27. The molecule has 6 heteroatoms. The van der Waals surface area contributed by atoms with Crippen LogP contribution in [0.5, 0.6) is 0 Å². The van der Waals surface area contributed by atoms with Crippen molar-refractivity contribution < 1.29 is 14.8 Å². The number of nitro groups is 1. The maximum Gasteiger partial charge on any atom is 0.280 e. The predicted molar refractivity (Wildman–Crippen MR) is 68.1 cm³/mol. The van der Waals surface area contributed by atoms with Gasteiger partial charge in [0.2, 0.25) is 0 Å². The average Bonchev–Trinajstić information content (AvgIpc) is 2.26. The number of Topliss-reactive ketones (excluding diaryl/α,β-unsaturated/α-hetero) is 1. The van der Waals surface area contributed by atoms with E-state index in [0.29, 0.717) is 12.2 Å². The van der Waals surface area contributed by atoms with Crippen molar-refractivity contribution in [2.75, 3.05) is 18.5 Å². The number of rotatable bonds is 5. The quantitative estimate of drug-likeness (QED) is 0.489. The van der Waals surface area contributed by atoms with Crippen LogP contribution in [0.3, 0.4) is 0 Å². The normalized spacial score (nSPS) is 12.0. The number of anilines is 1. The average molecular weight is 252 g/mol. The Bertz CT molecular complexity index is 471. The molecule has 0 aliphatic heterocycles. The molecule has 98 valence electrons. The van der Waals surface area contributed by atoms with E-state index in [1.54, 1.807) is 24.9 Å². The third kappa shape index (κ3) is 3.27. The minimum atomic E-state index is -0.574. The zero-order valence-corrected chi connectivity index (χ0v) is 10.6. The molecule has 1 atom stereocenters. The molecule has 1 N–H and O–H groups in total. The van der Waals surface area contributed by atoms with Crippen molar-refractivity contribution in [3.63, 3.8) is 0 Å². The van der Waals surface area contributed by atoms with Crippen LogP contribution in [0, 0.1) is 10.1 Å². The lowest BCUT2D eigenvalue weighted by molar-refractivity contribution is -0.385. The van der Waals surface area contributed by atoms with Crippen molar-refractivity contribution in [2.45, 2.75) is 20.0 Å². The zero-order chi connectivity index (χ0) is 13.9. The van der Waals surface area contributed by atoms with E-state index in [-0.39, 0.29) is 17.0 Å². The number of ketones is 1. The van der Waals surface area contributed by atoms with Crippen LogP contribution in [0.15, 0.2) is 18.2 Å². The predicted octanol–water partition coefficient (Wildman–Crippen LogP) is 1.61. The summed E-state index contributed by atoms with van der Waals surface area (Å²) in [6.07, 6.45) is -0.522. The van der Waals surface area contributed by atoms with Gasteiger partial charge < -0.3 is 10.0 Å². The van der Waals surface area contributed by atoms with Gasteiger partial charge in [-0.25, -0.2) is 0 Å². The monoisotopic (exact) mass is 252 g/mol. The maximum absolute atomic E-state index is 11.4. The highest BCUT2D eigenvalue weighted by Gasteiger charge is 2.18. The Morgan fingerprint density at radius 1 is 1.56 bits per heavy atom. The second-order valence-electron chi connectivity index (χ2n) is 4.24. The van der Waals surface area contributed by atoms with Gasteiger partial charge in [0.25, 0.3) is 5.69 Å². The van der Waals surface area contributed by atoms with Gasteiger partial charge in [-0.05, 0) is 26.0 Å². The number of carbonyl (C=O) groups excluding carboxylic acids is 1. The molecule has 0 fully saturated rings. The highest BCUT2D eigenvalue weighted by Crippen LogP contribution is 2.25. The number of carbonyl (C=O) groups is 1. The van der Waals surface area contributed by atoms with Crippen molar-refractivity contribution in [3.05, 3.63) is 33.9 Å². The van der Waals surface area contributed by atoms with Gasteiger partial charge in [-0.3, -0.25) is 14.9 Å². The Balaban J connectivity index is 3.15. The van der Waals surface area contributed by atoms with Gasteiger partial charge >= 0.3 is 0 Å². The Kier molecular flexibility index (Phi) is 4.38. The summed E-state index contributed by atoms with van der Waals surface area (Å²) in [4.78, 5) is 23.3. The van der Waals surface area contributed by atoms with Crippen LogP contribution in [-0.4, -0.2) is 35.5 Å². The molecule has 0 saturated heterocycles. The molecule has 0 bridgehead atoms. The van der Waals surface area contributed by atoms with E-state index in [2.05, 4.69) is 0 Å². The number of likely N-dealkylation sites (N-methyl/N-ethyl adjacent to an activating group) is 1. The van der Waals surface area contributed by atoms with Crippen LogP contribution in [0.25, 0.3) is 0 Å². The van der Waals surface area contributed by atoms with E-state index >= 15 is 0 Å². The van der Waals surface area contributed by atoms with Crippen LogP contribution in [0.1, 0.15) is 24.2 Å². The summed E-state index contributed by atoms with van der Waals surface area (Å²) in [7, 11) is 1.75. The van der Waals surface area contributed by atoms with Gasteiger partial charge in [-0.1, -0.05) is 0 Å². The Hall–Kier alpha value is -1.95. The van der Waals surface area contributed by atoms with Crippen molar-refractivity contribution in [1.82, 2.24) is 0 Å². The summed E-state index contributed by atoms with van der Waals surface area (Å²) < 4.78 is 0. The Morgan fingerprint density at radius 3 is 2.61 bits per heavy atom. The zero-order valence-electron chi connectivity index (χ0n) is 10.6. The van der Waals surface area contributed by atoms with E-state index in [0.717, 1.165) is 0 Å². The van der Waals surface area contributed by atoms with Gasteiger partial charge in [0.15, 0.2) is 5.78 Å². The number of aliphatic hydroxyl groups is 1. The van der Waals surface area contributed by atoms with E-state index in [1.165, 1.54) is 19.1 Å². The molecule has 1 aromatic carbocycles. The minimum absolute atomic E-state index is 0.0787. The van der Waals surface area contributed by atoms with Gasteiger partial charge in [-0.2, -0.15) is 0 Å². The highest BCUT2D eigenvalue weighted by molar-refractivity contribution is 5.99. The number of nitrogens with zero attached hydrogens (tertiary/aromatic N) is 2. The molecule has 0 amide bonds. The number of aliphatic hydroxyl groups excluding tert-OH is 1. The molecule has 1 aromatic rings. The van der Waals surface area contributed by atoms with E-state index < -0.39 is 11.0 Å². The number of hydrogen-bond acceptors (Lipinski definition) is 5. The first-order valence-corrected chi connectivity index (χ1v) is 5.51. The van der Waals surface area contributed by atoms with Gasteiger partial charge in [0, 0.05) is 25.3 Å². The van der Waals surface area contributed by atoms with Crippen LogP contribution in [-0.2, 0) is 0 Å². The number of nitro benzene ring substituents is 1. The van der Waals surface area contributed by atoms with Crippen LogP contribution in [0.4, 0.5) is 11.4 Å². The highest BCUT2D eigenvalue weighted by atomic mass is 16.6. The second kappa shape index (κ2) is 5.59. The molecule has 0 saturated carbocycles. The number of benzene rings is 1. The first-order chi connectivity index (χ1) is 8.32. The summed E-state index contributed by atoms with van der Waals surface area (Å²) in [6.45, 7) is 3.32.